The number of nitrogens with zero attached hydrogens (tertiary/aromatic N) is 5. The molecule has 0 aliphatic carbocycles. The highest BCUT2D eigenvalue weighted by molar-refractivity contribution is 7.16. The van der Waals surface area contributed by atoms with E-state index in [4.69, 9.17) is 4.42 Å². The zero-order valence-electron chi connectivity index (χ0n) is 11.3. The summed E-state index contributed by atoms with van der Waals surface area (Å²) in [6, 6.07) is 2.80. The summed E-state index contributed by atoms with van der Waals surface area (Å²) >= 11 is 1.29. The van der Waals surface area contributed by atoms with Gasteiger partial charge in [-0.15, -0.1) is 10.2 Å². The predicted molar refractivity (Wildman–Crippen MR) is 80.0 cm³/mol. The lowest BCUT2D eigenvalue weighted by Crippen LogP contribution is -2.08. The largest absolute Gasteiger partial charge is 0.433 e. The Labute approximate surface area is 123 Å². The molecule has 0 spiro atoms. The van der Waals surface area contributed by atoms with Crippen molar-refractivity contribution in [2.45, 2.75) is 0 Å². The number of hydrogen-bond acceptors (Lipinski definition) is 8. The first kappa shape index (κ1) is 14.7. The molecule has 0 bridgehead atoms. The smallest absolute Gasteiger partial charge is 0.401 e. The van der Waals surface area contributed by atoms with Crippen LogP contribution in [0.2, 0.25) is 0 Å². The Morgan fingerprint density at radius 1 is 1.43 bits per heavy atom. The summed E-state index contributed by atoms with van der Waals surface area (Å²) in [7, 11) is 3.70. The van der Waals surface area contributed by atoms with Crippen LogP contribution < -0.4 is 5.43 Å². The minimum absolute atomic E-state index is 0.299. The number of aromatic nitrogens is 2. The molecular formula is C11H12N6O3S. The second kappa shape index (κ2) is 6.61. The molecule has 9 nitrogen and oxygen atoms in total. The van der Waals surface area contributed by atoms with Crippen LogP contribution in [0.25, 0.3) is 12.2 Å². The van der Waals surface area contributed by atoms with Crippen LogP contribution in [0, 0.1) is 10.1 Å². The van der Waals surface area contributed by atoms with E-state index < -0.39 is 4.92 Å². The highest BCUT2D eigenvalue weighted by atomic mass is 32.1. The number of hydrazone groups is 1. The molecule has 0 aliphatic rings. The van der Waals surface area contributed by atoms with E-state index in [0.29, 0.717) is 15.9 Å². The highest BCUT2D eigenvalue weighted by Crippen LogP contribution is 2.20. The molecule has 0 fully saturated rings. The van der Waals surface area contributed by atoms with E-state index in [-0.39, 0.29) is 5.88 Å². The van der Waals surface area contributed by atoms with Gasteiger partial charge in [-0.3, -0.25) is 10.1 Å². The number of furan rings is 1. The molecule has 0 atom stereocenters. The van der Waals surface area contributed by atoms with Crippen LogP contribution in [-0.2, 0) is 0 Å². The van der Waals surface area contributed by atoms with Crippen molar-refractivity contribution in [2.75, 3.05) is 19.5 Å². The van der Waals surface area contributed by atoms with Crippen LogP contribution in [0.5, 0.6) is 0 Å². The number of nitrogens with one attached hydrogen (secondary N) is 1. The molecule has 0 aromatic carbocycles. The SMILES string of the molecule is CN(C)C=NNc1nnc(C=Cc2ccc([N+](=O)[O-])o2)s1. The Morgan fingerprint density at radius 3 is 2.90 bits per heavy atom. The molecule has 10 heteroatoms. The summed E-state index contributed by atoms with van der Waals surface area (Å²) in [6.07, 6.45) is 4.83. The van der Waals surface area contributed by atoms with Gasteiger partial charge in [0.2, 0.25) is 5.13 Å². The van der Waals surface area contributed by atoms with Gasteiger partial charge in [-0.25, -0.2) is 5.43 Å². The first-order valence-corrected chi connectivity index (χ1v) is 6.57. The maximum absolute atomic E-state index is 10.5. The van der Waals surface area contributed by atoms with E-state index in [9.17, 15) is 10.1 Å². The lowest BCUT2D eigenvalue weighted by molar-refractivity contribution is -0.402. The summed E-state index contributed by atoms with van der Waals surface area (Å²) in [5.41, 5.74) is 2.74. The number of hydrogen-bond donors (Lipinski definition) is 1. The zero-order chi connectivity index (χ0) is 15.2. The van der Waals surface area contributed by atoms with Crippen molar-refractivity contribution in [1.82, 2.24) is 15.1 Å². The first-order chi connectivity index (χ1) is 10.0. The molecule has 1 N–H and O–H groups in total. The average Bonchev–Trinajstić information content (AvgIpc) is 3.04. The molecule has 110 valence electrons. The van der Waals surface area contributed by atoms with Gasteiger partial charge < -0.3 is 9.32 Å². The Hall–Kier alpha value is -2.75. The van der Waals surface area contributed by atoms with Crippen LogP contribution in [0.15, 0.2) is 21.7 Å². The summed E-state index contributed by atoms with van der Waals surface area (Å²) in [4.78, 5) is 11.7. The van der Waals surface area contributed by atoms with Crippen LogP contribution >= 0.6 is 11.3 Å². The van der Waals surface area contributed by atoms with Gasteiger partial charge in [0.25, 0.3) is 0 Å². The maximum atomic E-state index is 10.5. The topological polar surface area (TPSA) is 110 Å². The third-order valence-electron chi connectivity index (χ3n) is 2.07. The minimum Gasteiger partial charge on any atom is -0.401 e. The van der Waals surface area contributed by atoms with Crippen molar-refractivity contribution < 1.29 is 9.34 Å². The van der Waals surface area contributed by atoms with E-state index in [1.807, 2.05) is 14.1 Å². The van der Waals surface area contributed by atoms with Gasteiger partial charge in [0.15, 0.2) is 0 Å². The third kappa shape index (κ3) is 4.38. The maximum Gasteiger partial charge on any atom is 0.433 e. The van der Waals surface area contributed by atoms with Gasteiger partial charge in [0.05, 0.1) is 6.07 Å². The molecule has 2 rings (SSSR count). The fraction of sp³-hybridized carbons (Fsp3) is 0.182. The zero-order valence-corrected chi connectivity index (χ0v) is 12.1. The Balaban J connectivity index is 1.98. The summed E-state index contributed by atoms with van der Waals surface area (Å²) < 4.78 is 4.99. The molecule has 0 amide bonds. The van der Waals surface area contributed by atoms with Crippen molar-refractivity contribution in [3.05, 3.63) is 33.0 Å². The summed E-state index contributed by atoms with van der Waals surface area (Å²) in [5, 5.41) is 23.4. The van der Waals surface area contributed by atoms with Crippen molar-refractivity contribution in [1.29, 1.82) is 0 Å². The van der Waals surface area contributed by atoms with E-state index in [1.165, 1.54) is 23.5 Å². The molecule has 0 radical (unpaired) electrons. The monoisotopic (exact) mass is 308 g/mol. The number of anilines is 1. The Morgan fingerprint density at radius 2 is 2.24 bits per heavy atom. The molecule has 21 heavy (non-hydrogen) atoms. The highest BCUT2D eigenvalue weighted by Gasteiger charge is 2.10. The van der Waals surface area contributed by atoms with E-state index in [1.54, 1.807) is 23.4 Å². The standard InChI is InChI=1S/C11H12N6O3S/c1-16(2)7-12-14-11-15-13-9(21-11)5-3-8-4-6-10(20-8)17(18)19/h3-7H,1-2H3,(H,14,15). The molecule has 2 aromatic heterocycles. The first-order valence-electron chi connectivity index (χ1n) is 5.76. The quantitative estimate of drug-likeness (QED) is 0.376. The lowest BCUT2D eigenvalue weighted by atomic mass is 10.4. The predicted octanol–water partition coefficient (Wildman–Crippen LogP) is 2.13. The second-order valence-electron chi connectivity index (χ2n) is 4.03. The van der Waals surface area contributed by atoms with Crippen molar-refractivity contribution in [3.8, 4) is 0 Å². The second-order valence-corrected chi connectivity index (χ2v) is 5.04. The molecule has 2 aromatic rings. The van der Waals surface area contributed by atoms with Crippen LogP contribution in [0.4, 0.5) is 11.0 Å². The number of rotatable bonds is 6. The molecule has 0 saturated heterocycles. The van der Waals surface area contributed by atoms with Crippen molar-refractivity contribution >= 4 is 40.8 Å². The molecule has 0 aliphatic heterocycles. The average molecular weight is 308 g/mol. The van der Waals surface area contributed by atoms with Crippen LogP contribution in [-0.4, -0.2) is 40.5 Å². The Kier molecular flexibility index (Phi) is 4.61. The minimum atomic E-state index is -0.590. The van der Waals surface area contributed by atoms with Gasteiger partial charge >= 0.3 is 5.88 Å². The van der Waals surface area contributed by atoms with Gasteiger partial charge in [0.1, 0.15) is 22.0 Å². The van der Waals surface area contributed by atoms with Crippen LogP contribution in [0.3, 0.4) is 0 Å². The number of nitro groups is 1. The van der Waals surface area contributed by atoms with Gasteiger partial charge in [0, 0.05) is 14.1 Å². The van der Waals surface area contributed by atoms with Crippen LogP contribution in [0.1, 0.15) is 10.8 Å². The van der Waals surface area contributed by atoms with Gasteiger partial charge in [-0.05, 0) is 18.2 Å². The molecule has 0 unspecified atom stereocenters. The lowest BCUT2D eigenvalue weighted by Gasteiger charge is -2.00. The molecular weight excluding hydrogens is 296 g/mol. The fourth-order valence-corrected chi connectivity index (χ4v) is 1.83. The molecule has 2 heterocycles. The van der Waals surface area contributed by atoms with Gasteiger partial charge in [-0.2, -0.15) is 5.10 Å². The van der Waals surface area contributed by atoms with E-state index in [2.05, 4.69) is 20.7 Å². The fourth-order valence-electron chi connectivity index (χ4n) is 1.23. The summed E-state index contributed by atoms with van der Waals surface area (Å²) in [5.74, 6) is 0.0735. The normalized spacial score (nSPS) is 11.3. The Bertz CT molecular complexity index is 675. The summed E-state index contributed by atoms with van der Waals surface area (Å²) in [6.45, 7) is 0. The van der Waals surface area contributed by atoms with E-state index in [0.717, 1.165) is 0 Å². The molecule has 0 saturated carbocycles. The van der Waals surface area contributed by atoms with E-state index >= 15 is 0 Å². The van der Waals surface area contributed by atoms with Crippen molar-refractivity contribution in [2.24, 2.45) is 5.10 Å². The van der Waals surface area contributed by atoms with Gasteiger partial charge in [-0.1, -0.05) is 11.3 Å². The third-order valence-corrected chi connectivity index (χ3v) is 2.87. The van der Waals surface area contributed by atoms with Crippen molar-refractivity contribution in [3.63, 3.8) is 0 Å².